The zero-order chi connectivity index (χ0) is 29.1. The van der Waals surface area contributed by atoms with E-state index in [1.807, 2.05) is 4.98 Å². The summed E-state index contributed by atoms with van der Waals surface area (Å²) in [5.41, 5.74) is -1.70. The number of aliphatic hydroxyl groups is 5. The van der Waals surface area contributed by atoms with Crippen molar-refractivity contribution in [1.29, 1.82) is 0 Å². The van der Waals surface area contributed by atoms with Crippen LogP contribution in [0.3, 0.4) is 0 Å². The van der Waals surface area contributed by atoms with Crippen LogP contribution in [0.5, 0.6) is 0 Å². The lowest BCUT2D eigenvalue weighted by Gasteiger charge is -2.40. The summed E-state index contributed by atoms with van der Waals surface area (Å²) in [6.45, 7) is -1.49. The SMILES string of the molecule is C#CCOC[C@H]1OC(OP(=O)(O)CP(=O)(O)OC[C@H]2O[C@@H](n3ccc(=O)[nH]c3=O)C(O)[C@H]2O)[C@H](O)[C@@H](O)[C@H]1O. The van der Waals surface area contributed by atoms with Crippen LogP contribution in [-0.2, 0) is 32.4 Å². The van der Waals surface area contributed by atoms with E-state index in [1.54, 1.807) is 0 Å². The average Bonchev–Trinajstić information content (AvgIpc) is 3.12. The van der Waals surface area contributed by atoms with E-state index < -0.39 is 101 Å². The molecule has 0 aliphatic carbocycles. The molecule has 2 aliphatic heterocycles. The zero-order valence-corrected chi connectivity index (χ0v) is 21.7. The van der Waals surface area contributed by atoms with Crippen molar-refractivity contribution < 1.29 is 67.7 Å². The lowest BCUT2D eigenvalue weighted by molar-refractivity contribution is -0.280. The van der Waals surface area contributed by atoms with Gasteiger partial charge in [0.2, 0.25) is 0 Å². The van der Waals surface area contributed by atoms with Gasteiger partial charge in [0.25, 0.3) is 5.56 Å². The number of rotatable bonds is 11. The molecule has 1 aromatic rings. The summed E-state index contributed by atoms with van der Waals surface area (Å²) in [5, 5.41) is 50.5. The van der Waals surface area contributed by atoms with E-state index in [0.29, 0.717) is 0 Å². The van der Waals surface area contributed by atoms with Crippen molar-refractivity contribution in [3.63, 3.8) is 0 Å². The van der Waals surface area contributed by atoms with Crippen molar-refractivity contribution in [2.45, 2.75) is 55.2 Å². The van der Waals surface area contributed by atoms with Crippen LogP contribution in [0.1, 0.15) is 6.23 Å². The molecule has 0 aromatic carbocycles. The molecule has 220 valence electrons. The Kier molecular flexibility index (Phi) is 10.4. The molecule has 2 saturated heterocycles. The van der Waals surface area contributed by atoms with Crippen LogP contribution in [0, 0.1) is 12.3 Å². The molecule has 18 nitrogen and oxygen atoms in total. The monoisotopic (exact) mass is 602 g/mol. The molecule has 3 heterocycles. The van der Waals surface area contributed by atoms with Crippen LogP contribution < -0.4 is 11.2 Å². The van der Waals surface area contributed by atoms with Crippen LogP contribution in [0.4, 0.5) is 0 Å². The Morgan fingerprint density at radius 3 is 2.23 bits per heavy atom. The molecular weight excluding hydrogens is 574 g/mol. The van der Waals surface area contributed by atoms with Gasteiger partial charge < -0.3 is 54.1 Å². The number of aromatic amines is 1. The summed E-state index contributed by atoms with van der Waals surface area (Å²) in [7, 11) is -10.1. The number of nitrogens with one attached hydrogen (secondary N) is 1. The third-order valence-corrected chi connectivity index (χ3v) is 9.61. The molecule has 0 amide bonds. The molecule has 0 radical (unpaired) electrons. The number of nitrogens with zero attached hydrogens (tertiary/aromatic N) is 1. The van der Waals surface area contributed by atoms with Gasteiger partial charge in [-0.3, -0.25) is 28.0 Å². The first-order valence-electron chi connectivity index (χ1n) is 11.2. The molecular formula is C19H28N2O16P2. The maximum absolute atomic E-state index is 12.6. The van der Waals surface area contributed by atoms with Crippen LogP contribution in [0.25, 0.3) is 0 Å². The molecule has 11 atom stereocenters. The van der Waals surface area contributed by atoms with E-state index >= 15 is 0 Å². The number of terminal acetylenes is 1. The lowest BCUT2D eigenvalue weighted by Crippen LogP contribution is -2.59. The molecule has 39 heavy (non-hydrogen) atoms. The molecule has 3 rings (SSSR count). The quantitative estimate of drug-likeness (QED) is 0.0680. The Balaban J connectivity index is 1.60. The minimum Gasteiger partial charge on any atom is -0.387 e. The van der Waals surface area contributed by atoms with Crippen LogP contribution in [-0.4, -0.2) is 120 Å². The van der Waals surface area contributed by atoms with Gasteiger partial charge in [0.15, 0.2) is 18.4 Å². The number of aromatic nitrogens is 2. The predicted octanol–water partition coefficient (Wildman–Crippen LogP) is -4.03. The first-order valence-corrected chi connectivity index (χ1v) is 14.7. The molecule has 1 aromatic heterocycles. The highest BCUT2D eigenvalue weighted by Gasteiger charge is 2.49. The molecule has 8 N–H and O–H groups in total. The van der Waals surface area contributed by atoms with Gasteiger partial charge >= 0.3 is 20.9 Å². The minimum atomic E-state index is -5.11. The van der Waals surface area contributed by atoms with Crippen LogP contribution >= 0.6 is 15.2 Å². The fourth-order valence-corrected chi connectivity index (χ4v) is 7.03. The van der Waals surface area contributed by atoms with E-state index in [-0.39, 0.29) is 6.61 Å². The maximum atomic E-state index is 12.6. The molecule has 2 fully saturated rings. The van der Waals surface area contributed by atoms with Crippen molar-refractivity contribution >= 4 is 15.2 Å². The lowest BCUT2D eigenvalue weighted by atomic mass is 9.99. The van der Waals surface area contributed by atoms with Gasteiger partial charge in [0.05, 0.1) is 13.2 Å². The van der Waals surface area contributed by atoms with Gasteiger partial charge in [0, 0.05) is 12.3 Å². The Morgan fingerprint density at radius 2 is 1.59 bits per heavy atom. The molecule has 0 spiro atoms. The number of ether oxygens (including phenoxy) is 3. The van der Waals surface area contributed by atoms with E-state index in [0.717, 1.165) is 16.8 Å². The van der Waals surface area contributed by atoms with Crippen molar-refractivity contribution in [2.24, 2.45) is 0 Å². The normalized spacial score (nSPS) is 36.1. The second kappa shape index (κ2) is 12.8. The van der Waals surface area contributed by atoms with Crippen molar-refractivity contribution in [2.75, 3.05) is 25.7 Å². The molecule has 0 saturated carbocycles. The second-order valence-electron chi connectivity index (χ2n) is 8.62. The predicted molar refractivity (Wildman–Crippen MR) is 125 cm³/mol. The van der Waals surface area contributed by atoms with Gasteiger partial charge in [-0.15, -0.1) is 6.42 Å². The summed E-state index contributed by atoms with van der Waals surface area (Å²) in [5.74, 6) is 0.600. The number of hydrogen-bond donors (Lipinski definition) is 8. The van der Waals surface area contributed by atoms with Crippen LogP contribution in [0.2, 0.25) is 0 Å². The Hall–Kier alpha value is -1.78. The standard InChI is InChI=1S/C19H28N2O16P2/c1-2-5-33-6-9-12(23)14(25)16(27)18(36-9)37-39(31,32)8-38(29,30)34-7-10-13(24)15(26)17(35-10)21-4-3-11(22)20-19(21)28/h1,3-4,9-10,12-18,23-27H,5-8H2,(H,29,30)(H,31,32)(H,20,22,28)/t9-,10-,12+,13+,14+,15?,16-,17-,18?/m1/s1. The average molecular weight is 602 g/mol. The summed E-state index contributed by atoms with van der Waals surface area (Å²) >= 11 is 0. The van der Waals surface area contributed by atoms with Gasteiger partial charge in [-0.1, -0.05) is 5.92 Å². The number of H-pyrrole nitrogens is 1. The van der Waals surface area contributed by atoms with Crippen molar-refractivity contribution in [3.8, 4) is 12.3 Å². The summed E-state index contributed by atoms with van der Waals surface area (Å²) in [4.78, 5) is 45.3. The summed E-state index contributed by atoms with van der Waals surface area (Å²) < 4.78 is 50.8. The molecule has 4 unspecified atom stereocenters. The largest absolute Gasteiger partial charge is 0.387 e. The van der Waals surface area contributed by atoms with E-state index in [9.17, 15) is 54.0 Å². The highest BCUT2D eigenvalue weighted by molar-refractivity contribution is 7.70. The van der Waals surface area contributed by atoms with Gasteiger partial charge in [0.1, 0.15) is 49.3 Å². The number of hydrogen-bond acceptors (Lipinski definition) is 14. The Bertz CT molecular complexity index is 1250. The fraction of sp³-hybridized carbons (Fsp3) is 0.684. The van der Waals surface area contributed by atoms with E-state index in [1.165, 1.54) is 0 Å². The van der Waals surface area contributed by atoms with Gasteiger partial charge in [-0.2, -0.15) is 0 Å². The number of aliphatic hydroxyl groups excluding tert-OH is 5. The van der Waals surface area contributed by atoms with Crippen molar-refractivity contribution in [1.82, 2.24) is 9.55 Å². The highest BCUT2D eigenvalue weighted by atomic mass is 31.2. The Labute approximate surface area is 219 Å². The molecule has 2 aliphatic rings. The molecule has 0 bridgehead atoms. The van der Waals surface area contributed by atoms with E-state index in [4.69, 9.17) is 29.7 Å². The zero-order valence-electron chi connectivity index (χ0n) is 19.9. The first kappa shape index (κ1) is 31.7. The maximum Gasteiger partial charge on any atom is 0.342 e. The van der Waals surface area contributed by atoms with Crippen LogP contribution in [0.15, 0.2) is 21.9 Å². The third-order valence-electron chi connectivity index (χ3n) is 5.67. The second-order valence-corrected chi connectivity index (χ2v) is 12.8. The molecule has 20 heteroatoms. The first-order chi connectivity index (χ1) is 18.2. The smallest absolute Gasteiger partial charge is 0.342 e. The minimum absolute atomic E-state index is 0.195. The van der Waals surface area contributed by atoms with Gasteiger partial charge in [-0.05, 0) is 0 Å². The topological polar surface area (TPSA) is 277 Å². The van der Waals surface area contributed by atoms with E-state index in [2.05, 4.69) is 5.92 Å². The third kappa shape index (κ3) is 7.91. The highest BCUT2D eigenvalue weighted by Crippen LogP contribution is 2.59. The summed E-state index contributed by atoms with van der Waals surface area (Å²) in [6.07, 6.45) is -9.46. The van der Waals surface area contributed by atoms with Gasteiger partial charge in [-0.25, -0.2) is 4.79 Å². The fourth-order valence-electron chi connectivity index (χ4n) is 3.75. The summed E-state index contributed by atoms with van der Waals surface area (Å²) in [6, 6.07) is 0.952. The Morgan fingerprint density at radius 1 is 0.949 bits per heavy atom. The van der Waals surface area contributed by atoms with Crippen molar-refractivity contribution in [3.05, 3.63) is 33.1 Å².